The van der Waals surface area contributed by atoms with Crippen LogP contribution >= 0.6 is 0 Å². The SMILES string of the molecule is CC(C)(C)OC(=O)NCC(O)c1cccc(C#N)c1. The van der Waals surface area contributed by atoms with Crippen LogP contribution in [-0.2, 0) is 4.74 Å². The maximum Gasteiger partial charge on any atom is 0.407 e. The number of amides is 1. The van der Waals surface area contributed by atoms with Gasteiger partial charge in [0, 0.05) is 0 Å². The summed E-state index contributed by atoms with van der Waals surface area (Å²) in [5.74, 6) is 0. The zero-order chi connectivity index (χ0) is 14.5. The van der Waals surface area contributed by atoms with Gasteiger partial charge in [0.05, 0.1) is 24.3 Å². The molecule has 0 aliphatic rings. The van der Waals surface area contributed by atoms with Crippen molar-refractivity contribution in [3.63, 3.8) is 0 Å². The molecule has 0 aliphatic carbocycles. The van der Waals surface area contributed by atoms with Crippen molar-refractivity contribution in [2.24, 2.45) is 0 Å². The van der Waals surface area contributed by atoms with Crippen molar-refractivity contribution >= 4 is 6.09 Å². The predicted octanol–water partition coefficient (Wildman–Crippen LogP) is 2.12. The minimum atomic E-state index is -0.874. The van der Waals surface area contributed by atoms with E-state index in [0.717, 1.165) is 0 Å². The Morgan fingerprint density at radius 3 is 2.79 bits per heavy atom. The molecule has 0 aliphatic heterocycles. The molecule has 0 spiro atoms. The molecule has 0 fully saturated rings. The summed E-state index contributed by atoms with van der Waals surface area (Å²) in [6.07, 6.45) is -1.45. The molecule has 1 rings (SSSR count). The van der Waals surface area contributed by atoms with Gasteiger partial charge in [-0.25, -0.2) is 4.79 Å². The summed E-state index contributed by atoms with van der Waals surface area (Å²) in [7, 11) is 0. The summed E-state index contributed by atoms with van der Waals surface area (Å²) in [5, 5.41) is 21.2. The summed E-state index contributed by atoms with van der Waals surface area (Å²) in [5.41, 5.74) is 0.472. The Morgan fingerprint density at radius 1 is 1.53 bits per heavy atom. The first-order valence-corrected chi connectivity index (χ1v) is 5.97. The van der Waals surface area contributed by atoms with Gasteiger partial charge >= 0.3 is 6.09 Å². The van der Waals surface area contributed by atoms with Gasteiger partial charge in [0.2, 0.25) is 0 Å². The maximum absolute atomic E-state index is 11.4. The van der Waals surface area contributed by atoms with Gasteiger partial charge in [-0.2, -0.15) is 5.26 Å². The van der Waals surface area contributed by atoms with Crippen LogP contribution in [0.2, 0.25) is 0 Å². The number of alkyl carbamates (subject to hydrolysis) is 1. The quantitative estimate of drug-likeness (QED) is 0.874. The van der Waals surface area contributed by atoms with Crippen molar-refractivity contribution in [2.45, 2.75) is 32.5 Å². The number of benzene rings is 1. The normalized spacial score (nSPS) is 12.4. The third-order valence-corrected chi connectivity index (χ3v) is 2.24. The van der Waals surface area contributed by atoms with E-state index < -0.39 is 17.8 Å². The lowest BCUT2D eigenvalue weighted by Crippen LogP contribution is -2.34. The number of nitrogens with one attached hydrogen (secondary N) is 1. The molecule has 1 unspecified atom stereocenters. The van der Waals surface area contributed by atoms with Crippen LogP contribution in [0.1, 0.15) is 38.0 Å². The van der Waals surface area contributed by atoms with Crippen molar-refractivity contribution in [3.05, 3.63) is 35.4 Å². The lowest BCUT2D eigenvalue weighted by Gasteiger charge is -2.20. The molecule has 0 saturated heterocycles. The van der Waals surface area contributed by atoms with Gasteiger partial charge in [-0.3, -0.25) is 0 Å². The van der Waals surface area contributed by atoms with Crippen LogP contribution in [-0.4, -0.2) is 23.3 Å². The first kappa shape index (κ1) is 15.0. The first-order valence-electron chi connectivity index (χ1n) is 5.97. The summed E-state index contributed by atoms with van der Waals surface area (Å²) < 4.78 is 5.06. The van der Waals surface area contributed by atoms with E-state index in [1.165, 1.54) is 0 Å². The van der Waals surface area contributed by atoms with E-state index in [0.29, 0.717) is 11.1 Å². The fourth-order valence-electron chi connectivity index (χ4n) is 1.43. The van der Waals surface area contributed by atoms with E-state index in [1.54, 1.807) is 45.0 Å². The summed E-state index contributed by atoms with van der Waals surface area (Å²) in [6, 6.07) is 8.61. The number of rotatable bonds is 3. The smallest absolute Gasteiger partial charge is 0.407 e. The van der Waals surface area contributed by atoms with Gasteiger partial charge in [0.1, 0.15) is 5.60 Å². The molecule has 0 saturated carbocycles. The molecule has 102 valence electrons. The van der Waals surface area contributed by atoms with Crippen molar-refractivity contribution in [1.29, 1.82) is 5.26 Å². The Labute approximate surface area is 112 Å². The third kappa shape index (κ3) is 5.40. The molecule has 0 radical (unpaired) electrons. The Hall–Kier alpha value is -2.06. The highest BCUT2D eigenvalue weighted by Crippen LogP contribution is 2.14. The minimum absolute atomic E-state index is 0.0315. The Bertz CT molecular complexity index is 486. The number of ether oxygens (including phenoxy) is 1. The zero-order valence-electron chi connectivity index (χ0n) is 11.3. The standard InChI is InChI=1S/C14H18N2O3/c1-14(2,3)19-13(18)16-9-12(17)11-6-4-5-10(7-11)8-15/h4-7,12,17H,9H2,1-3H3,(H,16,18). The predicted molar refractivity (Wildman–Crippen MR) is 70.4 cm³/mol. The van der Waals surface area contributed by atoms with Crippen LogP contribution in [0.5, 0.6) is 0 Å². The molecule has 0 heterocycles. The van der Waals surface area contributed by atoms with E-state index in [2.05, 4.69) is 5.32 Å². The topological polar surface area (TPSA) is 82.3 Å². The van der Waals surface area contributed by atoms with E-state index in [9.17, 15) is 9.90 Å². The number of hydrogen-bond donors (Lipinski definition) is 2. The van der Waals surface area contributed by atoms with Crippen LogP contribution < -0.4 is 5.32 Å². The molecule has 19 heavy (non-hydrogen) atoms. The molecule has 0 aromatic heterocycles. The number of nitriles is 1. The van der Waals surface area contributed by atoms with Crippen LogP contribution in [0.15, 0.2) is 24.3 Å². The first-order chi connectivity index (χ1) is 8.81. The van der Waals surface area contributed by atoms with Crippen molar-refractivity contribution in [2.75, 3.05) is 6.54 Å². The fourth-order valence-corrected chi connectivity index (χ4v) is 1.43. The van der Waals surface area contributed by atoms with Crippen molar-refractivity contribution < 1.29 is 14.6 Å². The van der Waals surface area contributed by atoms with E-state index >= 15 is 0 Å². The Balaban J connectivity index is 2.54. The van der Waals surface area contributed by atoms with Crippen LogP contribution in [0.4, 0.5) is 4.79 Å². The van der Waals surface area contributed by atoms with E-state index in [1.807, 2.05) is 6.07 Å². The number of carbonyl (C=O) groups is 1. The fraction of sp³-hybridized carbons (Fsp3) is 0.429. The van der Waals surface area contributed by atoms with Crippen LogP contribution in [0, 0.1) is 11.3 Å². The van der Waals surface area contributed by atoms with Gasteiger partial charge in [0.15, 0.2) is 0 Å². The number of aliphatic hydroxyl groups is 1. The van der Waals surface area contributed by atoms with Crippen LogP contribution in [0.3, 0.4) is 0 Å². The summed E-state index contributed by atoms with van der Waals surface area (Å²) in [4.78, 5) is 11.4. The molecule has 1 aromatic carbocycles. The molecule has 1 aromatic rings. The lowest BCUT2D eigenvalue weighted by molar-refractivity contribution is 0.0492. The molecular formula is C14H18N2O3. The highest BCUT2D eigenvalue weighted by atomic mass is 16.6. The van der Waals surface area contributed by atoms with Gasteiger partial charge < -0.3 is 15.2 Å². The molecule has 5 nitrogen and oxygen atoms in total. The molecule has 1 atom stereocenters. The molecule has 0 bridgehead atoms. The third-order valence-electron chi connectivity index (χ3n) is 2.24. The minimum Gasteiger partial charge on any atom is -0.444 e. The summed E-state index contributed by atoms with van der Waals surface area (Å²) >= 11 is 0. The summed E-state index contributed by atoms with van der Waals surface area (Å²) in [6.45, 7) is 5.32. The van der Waals surface area contributed by atoms with Gasteiger partial charge in [-0.15, -0.1) is 0 Å². The second-order valence-corrected chi connectivity index (χ2v) is 5.14. The average molecular weight is 262 g/mol. The molecule has 2 N–H and O–H groups in total. The number of aliphatic hydroxyl groups excluding tert-OH is 1. The molecule has 5 heteroatoms. The second-order valence-electron chi connectivity index (χ2n) is 5.14. The largest absolute Gasteiger partial charge is 0.444 e. The lowest BCUT2D eigenvalue weighted by atomic mass is 10.1. The van der Waals surface area contributed by atoms with E-state index in [4.69, 9.17) is 10.00 Å². The van der Waals surface area contributed by atoms with Gasteiger partial charge in [-0.05, 0) is 38.5 Å². The zero-order valence-corrected chi connectivity index (χ0v) is 11.3. The highest BCUT2D eigenvalue weighted by Gasteiger charge is 2.17. The second kappa shape index (κ2) is 6.21. The van der Waals surface area contributed by atoms with Crippen LogP contribution in [0.25, 0.3) is 0 Å². The monoisotopic (exact) mass is 262 g/mol. The number of carbonyl (C=O) groups excluding carboxylic acids is 1. The number of hydrogen-bond acceptors (Lipinski definition) is 4. The van der Waals surface area contributed by atoms with E-state index in [-0.39, 0.29) is 6.54 Å². The van der Waals surface area contributed by atoms with Gasteiger partial charge in [-0.1, -0.05) is 12.1 Å². The maximum atomic E-state index is 11.4. The highest BCUT2D eigenvalue weighted by molar-refractivity contribution is 5.67. The van der Waals surface area contributed by atoms with Gasteiger partial charge in [0.25, 0.3) is 0 Å². The number of nitrogens with zero attached hydrogens (tertiary/aromatic N) is 1. The Morgan fingerprint density at radius 2 is 2.21 bits per heavy atom. The van der Waals surface area contributed by atoms with Crippen molar-refractivity contribution in [1.82, 2.24) is 5.32 Å². The molecule has 1 amide bonds. The molecular weight excluding hydrogens is 244 g/mol. The average Bonchev–Trinajstić information content (AvgIpc) is 2.34. The van der Waals surface area contributed by atoms with Crippen molar-refractivity contribution in [3.8, 4) is 6.07 Å². The Kier molecular flexibility index (Phi) is 4.90.